The summed E-state index contributed by atoms with van der Waals surface area (Å²) in [5.41, 5.74) is 2.85. The van der Waals surface area contributed by atoms with Gasteiger partial charge in [-0.2, -0.15) is 0 Å². The van der Waals surface area contributed by atoms with Crippen LogP contribution in [0.5, 0.6) is 0 Å². The highest BCUT2D eigenvalue weighted by atomic mass is 16.5. The summed E-state index contributed by atoms with van der Waals surface area (Å²) in [4.78, 5) is 14.3. The Kier molecular flexibility index (Phi) is 7.09. The van der Waals surface area contributed by atoms with Crippen molar-refractivity contribution >= 4 is 11.6 Å². The van der Waals surface area contributed by atoms with Gasteiger partial charge in [-0.15, -0.1) is 0 Å². The number of hydrogen-bond donors (Lipinski definition) is 1. The van der Waals surface area contributed by atoms with Crippen LogP contribution in [0.25, 0.3) is 0 Å². The monoisotopic (exact) mass is 278 g/mol. The molecule has 0 aromatic heterocycles. The van der Waals surface area contributed by atoms with Gasteiger partial charge in [-0.25, -0.2) is 0 Å². The topological polar surface area (TPSA) is 41.6 Å². The lowest BCUT2D eigenvalue weighted by Crippen LogP contribution is -2.34. The van der Waals surface area contributed by atoms with Gasteiger partial charge in [0, 0.05) is 38.0 Å². The van der Waals surface area contributed by atoms with E-state index in [4.69, 9.17) is 4.74 Å². The second-order valence-electron chi connectivity index (χ2n) is 4.83. The molecule has 0 fully saturated rings. The SMILES string of the molecule is CCCNc1ccc(C(=O)N(CC)CCOC)c(C)c1. The number of nitrogens with zero attached hydrogens (tertiary/aromatic N) is 1. The summed E-state index contributed by atoms with van der Waals surface area (Å²) in [5, 5.41) is 3.33. The van der Waals surface area contributed by atoms with Gasteiger partial charge in [0.2, 0.25) is 0 Å². The number of benzene rings is 1. The van der Waals surface area contributed by atoms with Crippen molar-refractivity contribution in [2.45, 2.75) is 27.2 Å². The third-order valence-electron chi connectivity index (χ3n) is 3.27. The molecule has 0 unspecified atom stereocenters. The van der Waals surface area contributed by atoms with E-state index in [1.165, 1.54) is 0 Å². The fraction of sp³-hybridized carbons (Fsp3) is 0.562. The second-order valence-corrected chi connectivity index (χ2v) is 4.83. The molecule has 4 heteroatoms. The summed E-state index contributed by atoms with van der Waals surface area (Å²) < 4.78 is 5.05. The molecule has 1 aromatic rings. The summed E-state index contributed by atoms with van der Waals surface area (Å²) in [6.45, 7) is 8.93. The van der Waals surface area contributed by atoms with Gasteiger partial charge < -0.3 is 15.0 Å². The van der Waals surface area contributed by atoms with Crippen LogP contribution in [0, 0.1) is 6.92 Å². The summed E-state index contributed by atoms with van der Waals surface area (Å²) in [7, 11) is 1.65. The van der Waals surface area contributed by atoms with Crippen molar-refractivity contribution in [1.29, 1.82) is 0 Å². The molecule has 0 saturated heterocycles. The fourth-order valence-corrected chi connectivity index (χ4v) is 2.06. The Morgan fingerprint density at radius 2 is 2.10 bits per heavy atom. The van der Waals surface area contributed by atoms with Gasteiger partial charge in [-0.3, -0.25) is 4.79 Å². The van der Waals surface area contributed by atoms with E-state index in [0.29, 0.717) is 19.7 Å². The molecule has 0 aliphatic rings. The molecule has 20 heavy (non-hydrogen) atoms. The maximum Gasteiger partial charge on any atom is 0.254 e. The quantitative estimate of drug-likeness (QED) is 0.795. The van der Waals surface area contributed by atoms with Crippen molar-refractivity contribution in [3.63, 3.8) is 0 Å². The van der Waals surface area contributed by atoms with E-state index in [9.17, 15) is 4.79 Å². The zero-order valence-electron chi connectivity index (χ0n) is 13.0. The van der Waals surface area contributed by atoms with E-state index in [-0.39, 0.29) is 5.91 Å². The molecule has 1 N–H and O–H groups in total. The van der Waals surface area contributed by atoms with Crippen molar-refractivity contribution in [1.82, 2.24) is 4.90 Å². The lowest BCUT2D eigenvalue weighted by atomic mass is 10.1. The van der Waals surface area contributed by atoms with Crippen LogP contribution in [0.2, 0.25) is 0 Å². The van der Waals surface area contributed by atoms with Crippen LogP contribution in [0.1, 0.15) is 36.2 Å². The number of anilines is 1. The average Bonchev–Trinajstić information content (AvgIpc) is 2.45. The maximum atomic E-state index is 12.5. The predicted molar refractivity (Wildman–Crippen MR) is 83.4 cm³/mol. The Morgan fingerprint density at radius 1 is 1.35 bits per heavy atom. The number of rotatable bonds is 8. The Balaban J connectivity index is 2.81. The molecule has 0 spiro atoms. The Hall–Kier alpha value is -1.55. The van der Waals surface area contributed by atoms with Crippen LogP contribution in [0.15, 0.2) is 18.2 Å². The Bertz CT molecular complexity index is 432. The molecule has 4 nitrogen and oxygen atoms in total. The van der Waals surface area contributed by atoms with Crippen molar-refractivity contribution in [3.8, 4) is 0 Å². The predicted octanol–water partition coefficient (Wildman–Crippen LogP) is 2.93. The van der Waals surface area contributed by atoms with Crippen LogP contribution < -0.4 is 5.32 Å². The van der Waals surface area contributed by atoms with Crippen molar-refractivity contribution in [3.05, 3.63) is 29.3 Å². The summed E-state index contributed by atoms with van der Waals surface area (Å²) in [5.74, 6) is 0.0732. The molecule has 0 heterocycles. The molecule has 0 atom stereocenters. The second kappa shape index (κ2) is 8.59. The fourth-order valence-electron chi connectivity index (χ4n) is 2.06. The summed E-state index contributed by atoms with van der Waals surface area (Å²) in [6.07, 6.45) is 1.08. The maximum absolute atomic E-state index is 12.5. The van der Waals surface area contributed by atoms with Crippen LogP contribution in [-0.4, -0.2) is 44.2 Å². The first-order valence-corrected chi connectivity index (χ1v) is 7.26. The standard InChI is InChI=1S/C16H26N2O2/c1-5-9-17-14-7-8-15(13(3)12-14)16(19)18(6-2)10-11-20-4/h7-8,12,17H,5-6,9-11H2,1-4H3. The Morgan fingerprint density at radius 3 is 2.65 bits per heavy atom. The van der Waals surface area contributed by atoms with Gasteiger partial charge in [0.1, 0.15) is 0 Å². The number of carbonyl (C=O) groups excluding carboxylic acids is 1. The third-order valence-corrected chi connectivity index (χ3v) is 3.27. The van der Waals surface area contributed by atoms with E-state index in [1.807, 2.05) is 36.9 Å². The third kappa shape index (κ3) is 4.53. The molecule has 1 aromatic carbocycles. The number of amides is 1. The van der Waals surface area contributed by atoms with E-state index in [0.717, 1.165) is 29.8 Å². The molecule has 0 aliphatic carbocycles. The van der Waals surface area contributed by atoms with Crippen LogP contribution in [0.4, 0.5) is 5.69 Å². The first-order valence-electron chi connectivity index (χ1n) is 7.26. The van der Waals surface area contributed by atoms with Gasteiger partial charge in [0.25, 0.3) is 5.91 Å². The molecular formula is C16H26N2O2. The van der Waals surface area contributed by atoms with Crippen LogP contribution >= 0.6 is 0 Å². The largest absolute Gasteiger partial charge is 0.385 e. The van der Waals surface area contributed by atoms with E-state index >= 15 is 0 Å². The minimum atomic E-state index is 0.0732. The van der Waals surface area contributed by atoms with Crippen LogP contribution in [0.3, 0.4) is 0 Å². The normalized spacial score (nSPS) is 10.4. The van der Waals surface area contributed by atoms with Crippen molar-refractivity contribution in [2.75, 3.05) is 38.7 Å². The number of ether oxygens (including phenoxy) is 1. The molecule has 1 amide bonds. The van der Waals surface area contributed by atoms with Crippen LogP contribution in [-0.2, 0) is 4.74 Å². The van der Waals surface area contributed by atoms with Gasteiger partial charge >= 0.3 is 0 Å². The van der Waals surface area contributed by atoms with E-state index in [2.05, 4.69) is 12.2 Å². The van der Waals surface area contributed by atoms with Gasteiger partial charge in [0.05, 0.1) is 6.61 Å². The van der Waals surface area contributed by atoms with E-state index < -0.39 is 0 Å². The minimum absolute atomic E-state index is 0.0732. The highest BCUT2D eigenvalue weighted by Crippen LogP contribution is 2.17. The summed E-state index contributed by atoms with van der Waals surface area (Å²) in [6, 6.07) is 5.91. The zero-order chi connectivity index (χ0) is 15.0. The molecule has 0 bridgehead atoms. The first-order chi connectivity index (χ1) is 9.63. The highest BCUT2D eigenvalue weighted by molar-refractivity contribution is 5.96. The lowest BCUT2D eigenvalue weighted by Gasteiger charge is -2.21. The highest BCUT2D eigenvalue weighted by Gasteiger charge is 2.16. The van der Waals surface area contributed by atoms with Gasteiger partial charge in [-0.05, 0) is 44.0 Å². The Labute approximate surface area is 122 Å². The molecule has 0 aliphatic heterocycles. The van der Waals surface area contributed by atoms with Gasteiger partial charge in [0.15, 0.2) is 0 Å². The van der Waals surface area contributed by atoms with E-state index in [1.54, 1.807) is 7.11 Å². The zero-order valence-corrected chi connectivity index (χ0v) is 13.0. The van der Waals surface area contributed by atoms with Gasteiger partial charge in [-0.1, -0.05) is 6.92 Å². The number of aryl methyl sites for hydroxylation is 1. The number of methoxy groups -OCH3 is 1. The molecule has 0 saturated carbocycles. The minimum Gasteiger partial charge on any atom is -0.385 e. The van der Waals surface area contributed by atoms with Crippen molar-refractivity contribution in [2.24, 2.45) is 0 Å². The molecule has 112 valence electrons. The van der Waals surface area contributed by atoms with Crippen molar-refractivity contribution < 1.29 is 9.53 Å². The average molecular weight is 278 g/mol. The molecular weight excluding hydrogens is 252 g/mol. The molecule has 0 radical (unpaired) electrons. The first kappa shape index (κ1) is 16.5. The lowest BCUT2D eigenvalue weighted by molar-refractivity contribution is 0.0706. The molecule has 1 rings (SSSR count). The number of nitrogens with one attached hydrogen (secondary N) is 1. The number of hydrogen-bond acceptors (Lipinski definition) is 3. The number of likely N-dealkylation sites (N-methyl/N-ethyl adjacent to an activating group) is 1. The smallest absolute Gasteiger partial charge is 0.254 e. The summed E-state index contributed by atoms with van der Waals surface area (Å²) >= 11 is 0. The number of carbonyl (C=O) groups is 1.